The zero-order valence-corrected chi connectivity index (χ0v) is 10.6. The maximum absolute atomic E-state index is 12.0. The number of H-pyrrole nitrogens is 1. The summed E-state index contributed by atoms with van der Waals surface area (Å²) in [5, 5.41) is 7.13. The fraction of sp³-hybridized carbons (Fsp3) is 0.417. The molecule has 0 radical (unpaired) electrons. The minimum Gasteiger partial charge on any atom is -0.350 e. The van der Waals surface area contributed by atoms with Crippen LogP contribution in [0.5, 0.6) is 0 Å². The molecular weight excluding hydrogens is 230 g/mol. The Morgan fingerprint density at radius 1 is 1.56 bits per heavy atom. The highest BCUT2D eigenvalue weighted by Gasteiger charge is 2.12. The van der Waals surface area contributed by atoms with Gasteiger partial charge in [0.05, 0.1) is 12.0 Å². The summed E-state index contributed by atoms with van der Waals surface area (Å²) in [6, 6.07) is 1.80. The molecule has 0 saturated carbocycles. The molecule has 2 rings (SSSR count). The molecule has 6 nitrogen and oxygen atoms in total. The predicted octanol–water partition coefficient (Wildman–Crippen LogP) is 0.907. The van der Waals surface area contributed by atoms with E-state index in [2.05, 4.69) is 20.4 Å². The van der Waals surface area contributed by atoms with Crippen molar-refractivity contribution in [3.05, 3.63) is 35.7 Å². The summed E-state index contributed by atoms with van der Waals surface area (Å²) in [6.45, 7) is 5.12. The fourth-order valence-corrected chi connectivity index (χ4v) is 1.79. The largest absolute Gasteiger partial charge is 0.350 e. The van der Waals surface area contributed by atoms with E-state index in [1.807, 2.05) is 13.8 Å². The lowest BCUT2D eigenvalue weighted by Gasteiger charge is -2.05. The van der Waals surface area contributed by atoms with Crippen molar-refractivity contribution < 1.29 is 4.79 Å². The van der Waals surface area contributed by atoms with Gasteiger partial charge in [-0.3, -0.25) is 9.48 Å². The molecule has 0 fully saturated rings. The fourth-order valence-electron chi connectivity index (χ4n) is 1.79. The van der Waals surface area contributed by atoms with Gasteiger partial charge in [-0.15, -0.1) is 0 Å². The molecule has 2 aromatic rings. The lowest BCUT2D eigenvalue weighted by atomic mass is 10.3. The second kappa shape index (κ2) is 5.48. The SMILES string of the molecule is CCn1nc(C)cc1C(=O)NCCc1cnc[nH]1. The number of amides is 1. The van der Waals surface area contributed by atoms with Gasteiger partial charge in [-0.05, 0) is 19.9 Å². The highest BCUT2D eigenvalue weighted by atomic mass is 16.2. The zero-order valence-electron chi connectivity index (χ0n) is 10.6. The van der Waals surface area contributed by atoms with E-state index in [1.54, 1.807) is 23.3 Å². The molecule has 6 heteroatoms. The number of imidazole rings is 1. The average molecular weight is 247 g/mol. The van der Waals surface area contributed by atoms with Crippen LogP contribution in [-0.2, 0) is 13.0 Å². The standard InChI is InChI=1S/C12H17N5O/c1-3-17-11(6-9(2)16-17)12(18)14-5-4-10-7-13-8-15-10/h6-8H,3-5H2,1-2H3,(H,13,15)(H,14,18). The number of rotatable bonds is 5. The van der Waals surface area contributed by atoms with Crippen molar-refractivity contribution in [1.82, 2.24) is 25.1 Å². The summed E-state index contributed by atoms with van der Waals surface area (Å²) in [7, 11) is 0. The Bertz CT molecular complexity index is 515. The normalized spacial score (nSPS) is 10.6. The molecule has 0 aromatic carbocycles. The van der Waals surface area contributed by atoms with E-state index < -0.39 is 0 Å². The van der Waals surface area contributed by atoms with E-state index in [4.69, 9.17) is 0 Å². The molecule has 1 amide bonds. The van der Waals surface area contributed by atoms with Gasteiger partial charge in [0.25, 0.3) is 5.91 Å². The van der Waals surface area contributed by atoms with Gasteiger partial charge in [0.2, 0.25) is 0 Å². The van der Waals surface area contributed by atoms with E-state index in [1.165, 1.54) is 0 Å². The van der Waals surface area contributed by atoms with Gasteiger partial charge in [0.15, 0.2) is 0 Å². The average Bonchev–Trinajstić information content (AvgIpc) is 2.98. The molecule has 96 valence electrons. The smallest absolute Gasteiger partial charge is 0.269 e. The van der Waals surface area contributed by atoms with Crippen LogP contribution >= 0.6 is 0 Å². The summed E-state index contributed by atoms with van der Waals surface area (Å²) in [5.41, 5.74) is 2.48. The van der Waals surface area contributed by atoms with Gasteiger partial charge in [-0.1, -0.05) is 0 Å². The number of carbonyl (C=O) groups excluding carboxylic acids is 1. The van der Waals surface area contributed by atoms with Crippen molar-refractivity contribution in [3.8, 4) is 0 Å². The molecule has 0 spiro atoms. The van der Waals surface area contributed by atoms with E-state index in [9.17, 15) is 4.79 Å². The number of nitrogens with zero attached hydrogens (tertiary/aromatic N) is 3. The van der Waals surface area contributed by atoms with Crippen LogP contribution in [0.3, 0.4) is 0 Å². The van der Waals surface area contributed by atoms with Crippen molar-refractivity contribution >= 4 is 5.91 Å². The second-order valence-electron chi connectivity index (χ2n) is 4.07. The molecular formula is C12H17N5O. The summed E-state index contributed by atoms with van der Waals surface area (Å²) in [4.78, 5) is 18.9. The first kappa shape index (κ1) is 12.3. The molecule has 0 unspecified atom stereocenters. The van der Waals surface area contributed by atoms with Crippen LogP contribution < -0.4 is 5.32 Å². The Morgan fingerprint density at radius 2 is 2.39 bits per heavy atom. The number of carbonyl (C=O) groups is 1. The van der Waals surface area contributed by atoms with Crippen LogP contribution in [-0.4, -0.2) is 32.2 Å². The molecule has 2 N–H and O–H groups in total. The van der Waals surface area contributed by atoms with Crippen LogP contribution in [0.2, 0.25) is 0 Å². The summed E-state index contributed by atoms with van der Waals surface area (Å²) < 4.78 is 1.71. The predicted molar refractivity (Wildman–Crippen MR) is 67.3 cm³/mol. The lowest BCUT2D eigenvalue weighted by molar-refractivity contribution is 0.0943. The zero-order chi connectivity index (χ0) is 13.0. The van der Waals surface area contributed by atoms with Crippen LogP contribution in [0.1, 0.15) is 28.8 Å². The van der Waals surface area contributed by atoms with Crippen molar-refractivity contribution in [1.29, 1.82) is 0 Å². The Labute approximate surface area is 105 Å². The van der Waals surface area contributed by atoms with E-state index in [0.717, 1.165) is 17.8 Å². The number of aryl methyl sites for hydroxylation is 2. The monoisotopic (exact) mass is 247 g/mol. The van der Waals surface area contributed by atoms with Gasteiger partial charge < -0.3 is 10.3 Å². The van der Waals surface area contributed by atoms with Gasteiger partial charge >= 0.3 is 0 Å². The molecule has 0 aliphatic heterocycles. The summed E-state index contributed by atoms with van der Waals surface area (Å²) in [5.74, 6) is -0.0861. The van der Waals surface area contributed by atoms with Crippen LogP contribution in [0.15, 0.2) is 18.6 Å². The number of hydrogen-bond donors (Lipinski definition) is 2. The minimum atomic E-state index is -0.0861. The van der Waals surface area contributed by atoms with Crippen LogP contribution in [0.25, 0.3) is 0 Å². The van der Waals surface area contributed by atoms with Gasteiger partial charge in [0, 0.05) is 31.4 Å². The maximum atomic E-state index is 12.0. The first-order valence-electron chi connectivity index (χ1n) is 6.00. The Morgan fingerprint density at radius 3 is 3.06 bits per heavy atom. The first-order valence-corrected chi connectivity index (χ1v) is 6.00. The molecule has 2 aromatic heterocycles. The Kier molecular flexibility index (Phi) is 3.76. The quantitative estimate of drug-likeness (QED) is 0.824. The van der Waals surface area contributed by atoms with Crippen molar-refractivity contribution in [3.63, 3.8) is 0 Å². The molecule has 2 heterocycles. The Balaban J connectivity index is 1.91. The Hall–Kier alpha value is -2.11. The molecule has 0 saturated heterocycles. The summed E-state index contributed by atoms with van der Waals surface area (Å²) >= 11 is 0. The maximum Gasteiger partial charge on any atom is 0.269 e. The van der Waals surface area contributed by atoms with Crippen molar-refractivity contribution in [2.24, 2.45) is 0 Å². The lowest BCUT2D eigenvalue weighted by Crippen LogP contribution is -2.28. The van der Waals surface area contributed by atoms with Gasteiger partial charge in [0.1, 0.15) is 5.69 Å². The van der Waals surface area contributed by atoms with E-state index >= 15 is 0 Å². The minimum absolute atomic E-state index is 0.0861. The highest BCUT2D eigenvalue weighted by Crippen LogP contribution is 2.03. The number of hydrogen-bond acceptors (Lipinski definition) is 3. The molecule has 18 heavy (non-hydrogen) atoms. The van der Waals surface area contributed by atoms with Crippen molar-refractivity contribution in [2.75, 3.05) is 6.54 Å². The third-order valence-electron chi connectivity index (χ3n) is 2.67. The molecule has 0 aliphatic carbocycles. The highest BCUT2D eigenvalue weighted by molar-refractivity contribution is 5.92. The van der Waals surface area contributed by atoms with E-state index in [0.29, 0.717) is 18.8 Å². The van der Waals surface area contributed by atoms with Crippen LogP contribution in [0.4, 0.5) is 0 Å². The van der Waals surface area contributed by atoms with Gasteiger partial charge in [-0.2, -0.15) is 5.10 Å². The number of nitrogens with one attached hydrogen (secondary N) is 2. The third-order valence-corrected chi connectivity index (χ3v) is 2.67. The number of aromatic amines is 1. The summed E-state index contributed by atoms with van der Waals surface area (Å²) in [6.07, 6.45) is 4.13. The molecule has 0 bridgehead atoms. The molecule has 0 aliphatic rings. The van der Waals surface area contributed by atoms with E-state index in [-0.39, 0.29) is 5.91 Å². The number of aromatic nitrogens is 4. The van der Waals surface area contributed by atoms with Gasteiger partial charge in [-0.25, -0.2) is 4.98 Å². The first-order chi connectivity index (χ1) is 8.70. The third kappa shape index (κ3) is 2.77. The molecule has 0 atom stereocenters. The second-order valence-corrected chi connectivity index (χ2v) is 4.07. The topological polar surface area (TPSA) is 75.6 Å². The van der Waals surface area contributed by atoms with Crippen LogP contribution in [0, 0.1) is 6.92 Å². The van der Waals surface area contributed by atoms with Crippen molar-refractivity contribution in [2.45, 2.75) is 26.8 Å².